The van der Waals surface area contributed by atoms with Gasteiger partial charge >= 0.3 is 5.69 Å². The molecule has 21 heavy (non-hydrogen) atoms. The van der Waals surface area contributed by atoms with Crippen LogP contribution >= 0.6 is 11.3 Å². The molecule has 0 saturated carbocycles. The van der Waals surface area contributed by atoms with E-state index in [-0.39, 0.29) is 23.2 Å². The lowest BCUT2D eigenvalue weighted by atomic mass is 10.2. The molecule has 2 aromatic rings. The van der Waals surface area contributed by atoms with Gasteiger partial charge in [-0.25, -0.2) is 15.0 Å². The second kappa shape index (κ2) is 6.93. The number of thiazole rings is 1. The summed E-state index contributed by atoms with van der Waals surface area (Å²) < 4.78 is 0. The molecule has 0 aromatic carbocycles. The third kappa shape index (κ3) is 3.63. The maximum Gasteiger partial charge on any atom is 0.353 e. The van der Waals surface area contributed by atoms with Crippen LogP contribution in [0, 0.1) is 10.1 Å². The maximum absolute atomic E-state index is 11.2. The molecule has 0 bridgehead atoms. The number of hydrogen-bond donors (Lipinski definition) is 2. The first-order chi connectivity index (χ1) is 10.1. The zero-order valence-electron chi connectivity index (χ0n) is 11.7. The van der Waals surface area contributed by atoms with Crippen molar-refractivity contribution in [2.24, 2.45) is 0 Å². The molecule has 8 nitrogen and oxygen atoms in total. The summed E-state index contributed by atoms with van der Waals surface area (Å²) >= 11 is 1.56. The van der Waals surface area contributed by atoms with Gasteiger partial charge < -0.3 is 10.6 Å². The third-order valence-electron chi connectivity index (χ3n) is 2.80. The lowest BCUT2D eigenvalue weighted by molar-refractivity contribution is -0.383. The van der Waals surface area contributed by atoms with Gasteiger partial charge in [0.1, 0.15) is 6.33 Å². The van der Waals surface area contributed by atoms with Crippen LogP contribution in [-0.2, 0) is 0 Å². The van der Waals surface area contributed by atoms with Crippen LogP contribution in [0.2, 0.25) is 0 Å². The molecule has 0 radical (unpaired) electrons. The average molecular weight is 308 g/mol. The number of nitrogens with one attached hydrogen (secondary N) is 2. The van der Waals surface area contributed by atoms with Gasteiger partial charge in [0.2, 0.25) is 11.6 Å². The molecule has 112 valence electrons. The van der Waals surface area contributed by atoms with E-state index < -0.39 is 4.92 Å². The standard InChI is InChI=1S/C12H16N6O2S/c1-3-13-10-9(18(19)20)11(17-7-16-10)15-6-8(2)12-14-4-5-21-12/h4-5,7-8H,3,6H2,1-2H3,(H2,13,15,16,17). The Bertz CT molecular complexity index is 604. The normalized spacial score (nSPS) is 11.9. The highest BCUT2D eigenvalue weighted by molar-refractivity contribution is 7.09. The van der Waals surface area contributed by atoms with Crippen LogP contribution < -0.4 is 10.6 Å². The quantitative estimate of drug-likeness (QED) is 0.598. The minimum absolute atomic E-state index is 0.134. The van der Waals surface area contributed by atoms with Crippen LogP contribution in [0.4, 0.5) is 17.3 Å². The summed E-state index contributed by atoms with van der Waals surface area (Å²) in [6, 6.07) is 0. The number of rotatable bonds is 7. The zero-order valence-corrected chi connectivity index (χ0v) is 12.6. The molecule has 0 spiro atoms. The first kappa shape index (κ1) is 15.1. The molecule has 0 aliphatic heterocycles. The summed E-state index contributed by atoms with van der Waals surface area (Å²) in [5.74, 6) is 0.582. The second-order valence-corrected chi connectivity index (χ2v) is 5.29. The first-order valence-corrected chi connectivity index (χ1v) is 7.38. The topological polar surface area (TPSA) is 106 Å². The van der Waals surface area contributed by atoms with Gasteiger partial charge in [0.05, 0.1) is 9.93 Å². The van der Waals surface area contributed by atoms with Crippen LogP contribution in [0.1, 0.15) is 24.8 Å². The molecule has 9 heteroatoms. The van der Waals surface area contributed by atoms with Crippen LogP contribution in [0.3, 0.4) is 0 Å². The number of anilines is 2. The van der Waals surface area contributed by atoms with Crippen molar-refractivity contribution in [2.45, 2.75) is 19.8 Å². The predicted molar refractivity (Wildman–Crippen MR) is 81.9 cm³/mol. The van der Waals surface area contributed by atoms with E-state index in [4.69, 9.17) is 0 Å². The molecule has 0 amide bonds. The van der Waals surface area contributed by atoms with Gasteiger partial charge in [-0.2, -0.15) is 0 Å². The number of nitro groups is 1. The van der Waals surface area contributed by atoms with Crippen molar-refractivity contribution < 1.29 is 4.92 Å². The lowest BCUT2D eigenvalue weighted by Gasteiger charge is -2.12. The molecular formula is C12H16N6O2S. The Labute approximate surface area is 125 Å². The molecule has 0 aliphatic rings. The number of nitrogens with zero attached hydrogens (tertiary/aromatic N) is 4. The van der Waals surface area contributed by atoms with Crippen molar-refractivity contribution in [3.8, 4) is 0 Å². The molecule has 2 N–H and O–H groups in total. The zero-order chi connectivity index (χ0) is 15.2. The molecule has 2 rings (SSSR count). The lowest BCUT2D eigenvalue weighted by Crippen LogP contribution is -2.14. The highest BCUT2D eigenvalue weighted by Gasteiger charge is 2.23. The summed E-state index contributed by atoms with van der Waals surface area (Å²) in [5, 5.41) is 20.0. The van der Waals surface area contributed by atoms with E-state index in [0.29, 0.717) is 13.1 Å². The number of aromatic nitrogens is 3. The maximum atomic E-state index is 11.2. The minimum Gasteiger partial charge on any atom is -0.364 e. The summed E-state index contributed by atoms with van der Waals surface area (Å²) in [5.41, 5.74) is -0.134. The summed E-state index contributed by atoms with van der Waals surface area (Å²) in [6.45, 7) is 4.91. The van der Waals surface area contributed by atoms with Crippen molar-refractivity contribution in [3.05, 3.63) is 33.0 Å². The van der Waals surface area contributed by atoms with E-state index in [1.165, 1.54) is 6.33 Å². The van der Waals surface area contributed by atoms with Crippen molar-refractivity contribution in [2.75, 3.05) is 23.7 Å². The predicted octanol–water partition coefficient (Wildman–Crippen LogP) is 2.49. The van der Waals surface area contributed by atoms with E-state index in [0.717, 1.165) is 5.01 Å². The Hall–Kier alpha value is -2.29. The Morgan fingerprint density at radius 2 is 2.05 bits per heavy atom. The molecule has 2 heterocycles. The third-order valence-corrected chi connectivity index (χ3v) is 3.80. The summed E-state index contributed by atoms with van der Waals surface area (Å²) in [7, 11) is 0. The number of hydrogen-bond acceptors (Lipinski definition) is 8. The van der Waals surface area contributed by atoms with Crippen LogP contribution in [0.25, 0.3) is 0 Å². The Morgan fingerprint density at radius 3 is 2.62 bits per heavy atom. The van der Waals surface area contributed by atoms with Crippen LogP contribution in [-0.4, -0.2) is 33.0 Å². The Morgan fingerprint density at radius 1 is 1.33 bits per heavy atom. The molecule has 0 saturated heterocycles. The van der Waals surface area contributed by atoms with Crippen molar-refractivity contribution >= 4 is 28.7 Å². The Kier molecular flexibility index (Phi) is 4.99. The first-order valence-electron chi connectivity index (χ1n) is 6.50. The molecule has 0 aliphatic carbocycles. The van der Waals surface area contributed by atoms with E-state index >= 15 is 0 Å². The molecule has 1 unspecified atom stereocenters. The highest BCUT2D eigenvalue weighted by atomic mass is 32.1. The van der Waals surface area contributed by atoms with E-state index in [1.807, 2.05) is 19.2 Å². The van der Waals surface area contributed by atoms with E-state index in [2.05, 4.69) is 25.6 Å². The van der Waals surface area contributed by atoms with Crippen molar-refractivity contribution in [3.63, 3.8) is 0 Å². The fourth-order valence-corrected chi connectivity index (χ4v) is 2.49. The smallest absolute Gasteiger partial charge is 0.353 e. The second-order valence-electron chi connectivity index (χ2n) is 4.36. The summed E-state index contributed by atoms with van der Waals surface area (Å²) in [4.78, 5) is 22.9. The van der Waals surface area contributed by atoms with Gasteiger partial charge in [-0.3, -0.25) is 10.1 Å². The van der Waals surface area contributed by atoms with Gasteiger partial charge in [0, 0.05) is 30.6 Å². The molecular weight excluding hydrogens is 292 g/mol. The van der Waals surface area contributed by atoms with Gasteiger partial charge in [0.25, 0.3) is 0 Å². The molecule has 0 fully saturated rings. The van der Waals surface area contributed by atoms with Crippen molar-refractivity contribution in [1.29, 1.82) is 0 Å². The average Bonchev–Trinajstić information content (AvgIpc) is 2.99. The minimum atomic E-state index is -0.478. The van der Waals surface area contributed by atoms with Gasteiger partial charge in [-0.1, -0.05) is 6.92 Å². The van der Waals surface area contributed by atoms with Crippen molar-refractivity contribution in [1.82, 2.24) is 15.0 Å². The fraction of sp³-hybridized carbons (Fsp3) is 0.417. The van der Waals surface area contributed by atoms with Crippen LogP contribution in [0.15, 0.2) is 17.9 Å². The SMILES string of the molecule is CCNc1ncnc(NCC(C)c2nccs2)c1[N+](=O)[O-]. The van der Waals surface area contributed by atoms with Crippen LogP contribution in [0.5, 0.6) is 0 Å². The molecule has 2 aromatic heterocycles. The van der Waals surface area contributed by atoms with E-state index in [1.54, 1.807) is 17.5 Å². The monoisotopic (exact) mass is 308 g/mol. The Balaban J connectivity index is 2.15. The largest absolute Gasteiger partial charge is 0.364 e. The van der Waals surface area contributed by atoms with Gasteiger partial charge in [-0.15, -0.1) is 11.3 Å². The summed E-state index contributed by atoms with van der Waals surface area (Å²) in [6.07, 6.45) is 3.05. The molecule has 1 atom stereocenters. The fourth-order valence-electron chi connectivity index (χ4n) is 1.79. The highest BCUT2D eigenvalue weighted by Crippen LogP contribution is 2.29. The van der Waals surface area contributed by atoms with Gasteiger partial charge in [0.15, 0.2) is 0 Å². The van der Waals surface area contributed by atoms with Gasteiger partial charge in [-0.05, 0) is 6.92 Å². The van der Waals surface area contributed by atoms with E-state index in [9.17, 15) is 10.1 Å².